The van der Waals surface area contributed by atoms with Gasteiger partial charge in [0.25, 0.3) is 0 Å². The SMILES string of the molecule is NCCc1ccc(Cl)cc1SCC1CCCO1. The molecule has 2 N–H and O–H groups in total. The van der Waals surface area contributed by atoms with Crippen molar-refractivity contribution in [2.45, 2.75) is 30.3 Å². The molecule has 1 aliphatic rings. The van der Waals surface area contributed by atoms with Crippen molar-refractivity contribution in [2.75, 3.05) is 18.9 Å². The van der Waals surface area contributed by atoms with Crippen molar-refractivity contribution in [3.63, 3.8) is 0 Å². The molecule has 0 radical (unpaired) electrons. The Labute approximate surface area is 112 Å². The minimum absolute atomic E-state index is 0.407. The van der Waals surface area contributed by atoms with E-state index in [1.165, 1.54) is 23.3 Å². The maximum atomic E-state index is 6.04. The van der Waals surface area contributed by atoms with Crippen LogP contribution in [0.25, 0.3) is 0 Å². The maximum Gasteiger partial charge on any atom is 0.0669 e. The highest BCUT2D eigenvalue weighted by Crippen LogP contribution is 2.29. The molecule has 0 bridgehead atoms. The summed E-state index contributed by atoms with van der Waals surface area (Å²) in [7, 11) is 0. The lowest BCUT2D eigenvalue weighted by Gasteiger charge is -2.12. The van der Waals surface area contributed by atoms with Gasteiger partial charge in [-0.3, -0.25) is 0 Å². The van der Waals surface area contributed by atoms with E-state index in [-0.39, 0.29) is 0 Å². The molecule has 1 heterocycles. The summed E-state index contributed by atoms with van der Waals surface area (Å²) in [6, 6.07) is 6.04. The summed E-state index contributed by atoms with van der Waals surface area (Å²) >= 11 is 7.87. The molecular weight excluding hydrogens is 254 g/mol. The topological polar surface area (TPSA) is 35.2 Å². The van der Waals surface area contributed by atoms with E-state index in [9.17, 15) is 0 Å². The summed E-state index contributed by atoms with van der Waals surface area (Å²) in [5.41, 5.74) is 6.91. The minimum Gasteiger partial charge on any atom is -0.377 e. The van der Waals surface area contributed by atoms with Crippen LogP contribution >= 0.6 is 23.4 Å². The third-order valence-electron chi connectivity index (χ3n) is 2.89. The molecule has 1 saturated heterocycles. The number of hydrogen-bond acceptors (Lipinski definition) is 3. The number of benzene rings is 1. The van der Waals surface area contributed by atoms with Crippen LogP contribution in [0.2, 0.25) is 5.02 Å². The van der Waals surface area contributed by atoms with E-state index < -0.39 is 0 Å². The third kappa shape index (κ3) is 3.88. The molecule has 2 rings (SSSR count). The standard InChI is InChI=1S/C13H18ClNOS/c14-11-4-3-10(5-6-15)13(8-11)17-9-12-2-1-7-16-12/h3-4,8,12H,1-2,5-7,9,15H2. The van der Waals surface area contributed by atoms with Crippen LogP contribution in [0.1, 0.15) is 18.4 Å². The molecule has 1 aromatic rings. The highest BCUT2D eigenvalue weighted by molar-refractivity contribution is 7.99. The largest absolute Gasteiger partial charge is 0.377 e. The molecule has 0 saturated carbocycles. The van der Waals surface area contributed by atoms with E-state index in [0.29, 0.717) is 12.6 Å². The lowest BCUT2D eigenvalue weighted by Crippen LogP contribution is -2.09. The van der Waals surface area contributed by atoms with Gasteiger partial charge in [0.1, 0.15) is 0 Å². The number of ether oxygens (including phenoxy) is 1. The predicted octanol–water partition coefficient (Wildman–Crippen LogP) is 3.11. The quantitative estimate of drug-likeness (QED) is 0.836. The number of nitrogens with two attached hydrogens (primary N) is 1. The second-order valence-corrected chi connectivity index (χ2v) is 5.74. The molecule has 1 fully saturated rings. The van der Waals surface area contributed by atoms with Gasteiger partial charge < -0.3 is 10.5 Å². The van der Waals surface area contributed by atoms with Gasteiger partial charge in [-0.1, -0.05) is 17.7 Å². The van der Waals surface area contributed by atoms with Crippen LogP contribution in [0.4, 0.5) is 0 Å². The molecule has 0 amide bonds. The number of hydrogen-bond donors (Lipinski definition) is 1. The normalized spacial score (nSPS) is 19.8. The van der Waals surface area contributed by atoms with Gasteiger partial charge in [-0.2, -0.15) is 0 Å². The van der Waals surface area contributed by atoms with Crippen LogP contribution in [0, 0.1) is 0 Å². The predicted molar refractivity (Wildman–Crippen MR) is 73.9 cm³/mol. The molecule has 0 aromatic heterocycles. The number of halogens is 1. The van der Waals surface area contributed by atoms with E-state index in [2.05, 4.69) is 6.07 Å². The highest BCUT2D eigenvalue weighted by Gasteiger charge is 2.16. The fraction of sp³-hybridized carbons (Fsp3) is 0.538. The summed E-state index contributed by atoms with van der Waals surface area (Å²) in [4.78, 5) is 1.25. The third-order valence-corrected chi connectivity index (χ3v) is 4.36. The summed E-state index contributed by atoms with van der Waals surface area (Å²) in [6.45, 7) is 1.59. The van der Waals surface area contributed by atoms with Crippen molar-refractivity contribution in [2.24, 2.45) is 5.73 Å². The summed E-state index contributed by atoms with van der Waals surface area (Å²) in [5.74, 6) is 1.01. The van der Waals surface area contributed by atoms with E-state index in [4.69, 9.17) is 22.1 Å². The van der Waals surface area contributed by atoms with Crippen molar-refractivity contribution in [3.8, 4) is 0 Å². The smallest absolute Gasteiger partial charge is 0.0669 e. The van der Waals surface area contributed by atoms with Crippen molar-refractivity contribution in [3.05, 3.63) is 28.8 Å². The number of rotatable bonds is 5. The Kier molecular flexibility index (Phi) is 5.16. The first-order chi connectivity index (χ1) is 8.29. The Morgan fingerprint density at radius 2 is 2.35 bits per heavy atom. The van der Waals surface area contributed by atoms with Gasteiger partial charge in [0.2, 0.25) is 0 Å². The average Bonchev–Trinajstić information content (AvgIpc) is 2.82. The Bertz CT molecular complexity index is 366. The second-order valence-electron chi connectivity index (χ2n) is 4.24. The maximum absolute atomic E-state index is 6.04. The van der Waals surface area contributed by atoms with Crippen molar-refractivity contribution < 1.29 is 4.74 Å². The van der Waals surface area contributed by atoms with Gasteiger partial charge in [-0.25, -0.2) is 0 Å². The van der Waals surface area contributed by atoms with Gasteiger partial charge >= 0.3 is 0 Å². The minimum atomic E-state index is 0.407. The first-order valence-electron chi connectivity index (χ1n) is 6.02. The summed E-state index contributed by atoms with van der Waals surface area (Å²) in [6.07, 6.45) is 3.69. The fourth-order valence-electron chi connectivity index (χ4n) is 1.98. The Morgan fingerprint density at radius 1 is 1.47 bits per heavy atom. The van der Waals surface area contributed by atoms with Crippen molar-refractivity contribution in [1.82, 2.24) is 0 Å². The average molecular weight is 272 g/mol. The molecule has 1 aromatic carbocycles. The zero-order chi connectivity index (χ0) is 12.1. The first-order valence-corrected chi connectivity index (χ1v) is 7.39. The Balaban J connectivity index is 1.99. The van der Waals surface area contributed by atoms with Gasteiger partial charge in [0, 0.05) is 22.3 Å². The van der Waals surface area contributed by atoms with Gasteiger partial charge in [0.05, 0.1) is 6.10 Å². The first kappa shape index (κ1) is 13.2. The molecule has 2 nitrogen and oxygen atoms in total. The van der Waals surface area contributed by atoms with E-state index in [1.54, 1.807) is 0 Å². The lowest BCUT2D eigenvalue weighted by atomic mass is 10.1. The zero-order valence-electron chi connectivity index (χ0n) is 9.82. The molecule has 0 spiro atoms. The summed E-state index contributed by atoms with van der Waals surface area (Å²) in [5, 5.41) is 0.792. The molecule has 4 heteroatoms. The van der Waals surface area contributed by atoms with Crippen LogP contribution in [-0.4, -0.2) is 25.0 Å². The fourth-order valence-corrected chi connectivity index (χ4v) is 3.41. The molecule has 1 unspecified atom stereocenters. The molecule has 17 heavy (non-hydrogen) atoms. The Hall–Kier alpha value is -0.220. The van der Waals surface area contributed by atoms with Crippen LogP contribution in [0.5, 0.6) is 0 Å². The van der Waals surface area contributed by atoms with Gasteiger partial charge in [0.15, 0.2) is 0 Å². The number of thioether (sulfide) groups is 1. The monoisotopic (exact) mass is 271 g/mol. The van der Waals surface area contributed by atoms with Crippen LogP contribution < -0.4 is 5.73 Å². The molecule has 1 atom stereocenters. The molecule has 94 valence electrons. The van der Waals surface area contributed by atoms with E-state index in [1.807, 2.05) is 23.9 Å². The van der Waals surface area contributed by atoms with Gasteiger partial charge in [-0.15, -0.1) is 11.8 Å². The lowest BCUT2D eigenvalue weighted by molar-refractivity contribution is 0.129. The van der Waals surface area contributed by atoms with Crippen molar-refractivity contribution in [1.29, 1.82) is 0 Å². The summed E-state index contributed by atoms with van der Waals surface area (Å²) < 4.78 is 5.63. The molecular formula is C13H18ClNOS. The Morgan fingerprint density at radius 3 is 3.06 bits per heavy atom. The van der Waals surface area contributed by atoms with Crippen LogP contribution in [0.3, 0.4) is 0 Å². The second kappa shape index (κ2) is 6.64. The van der Waals surface area contributed by atoms with Crippen molar-refractivity contribution >= 4 is 23.4 Å². The van der Waals surface area contributed by atoms with E-state index >= 15 is 0 Å². The molecule has 1 aliphatic heterocycles. The van der Waals surface area contributed by atoms with Gasteiger partial charge in [-0.05, 0) is 43.5 Å². The molecule has 0 aliphatic carbocycles. The van der Waals surface area contributed by atoms with Crippen LogP contribution in [-0.2, 0) is 11.2 Å². The van der Waals surface area contributed by atoms with Crippen LogP contribution in [0.15, 0.2) is 23.1 Å². The van der Waals surface area contributed by atoms with E-state index in [0.717, 1.165) is 23.8 Å². The highest BCUT2D eigenvalue weighted by atomic mass is 35.5. The zero-order valence-corrected chi connectivity index (χ0v) is 11.4.